The second-order valence-electron chi connectivity index (χ2n) is 5.89. The van der Waals surface area contributed by atoms with Gasteiger partial charge >= 0.3 is 5.51 Å². The topological polar surface area (TPSA) is 46.9 Å². The minimum atomic E-state index is -4.38. The number of carbonyl (C=O) groups is 1. The van der Waals surface area contributed by atoms with Crippen molar-refractivity contribution in [1.82, 2.24) is 14.9 Å². The third-order valence-corrected chi connectivity index (χ3v) is 4.64. The quantitative estimate of drug-likeness (QED) is 0.484. The van der Waals surface area contributed by atoms with Crippen molar-refractivity contribution in [2.45, 2.75) is 23.9 Å². The van der Waals surface area contributed by atoms with Gasteiger partial charge in [0.25, 0.3) is 5.91 Å². The Balaban J connectivity index is 1.63. The van der Waals surface area contributed by atoms with Gasteiger partial charge in [0.1, 0.15) is 11.6 Å². The van der Waals surface area contributed by atoms with E-state index in [1.54, 1.807) is 36.0 Å². The van der Waals surface area contributed by atoms with Crippen LogP contribution < -0.4 is 5.32 Å². The maximum atomic E-state index is 14.4. The monoisotopic (exact) mass is 409 g/mol. The van der Waals surface area contributed by atoms with Gasteiger partial charge in [-0.1, -0.05) is 6.07 Å². The molecule has 1 N–H and O–H groups in total. The highest BCUT2D eigenvalue weighted by Crippen LogP contribution is 2.36. The van der Waals surface area contributed by atoms with Crippen molar-refractivity contribution in [2.75, 3.05) is 0 Å². The molecule has 9 heteroatoms. The summed E-state index contributed by atoms with van der Waals surface area (Å²) >= 11 is -0.246. The number of hydrogen-bond acceptors (Lipinski definition) is 3. The standard InChI is InChI=1S/C19H15F4N3OS/c1-12-24-8-9-26(12)17-7-2-13(10-16(17)20)11-25-18(27)14-3-5-15(6-4-14)28-19(21,22)23/h2-10H,11H2,1H3,(H,25,27). The maximum Gasteiger partial charge on any atom is 0.446 e. The fourth-order valence-electron chi connectivity index (χ4n) is 2.58. The fraction of sp³-hybridized carbons (Fsp3) is 0.158. The molecule has 0 aliphatic heterocycles. The van der Waals surface area contributed by atoms with Crippen LogP contribution >= 0.6 is 11.8 Å². The van der Waals surface area contributed by atoms with Crippen LogP contribution in [0.15, 0.2) is 59.8 Å². The summed E-state index contributed by atoms with van der Waals surface area (Å²) in [5.41, 5.74) is -3.26. The van der Waals surface area contributed by atoms with Crippen LogP contribution in [0.2, 0.25) is 0 Å². The van der Waals surface area contributed by atoms with Gasteiger partial charge < -0.3 is 9.88 Å². The molecule has 0 atom stereocenters. The second kappa shape index (κ2) is 8.05. The molecule has 4 nitrogen and oxygen atoms in total. The summed E-state index contributed by atoms with van der Waals surface area (Å²) in [4.78, 5) is 16.2. The maximum absolute atomic E-state index is 14.4. The number of hydrogen-bond donors (Lipinski definition) is 1. The summed E-state index contributed by atoms with van der Waals surface area (Å²) in [6, 6.07) is 9.68. The fourth-order valence-corrected chi connectivity index (χ4v) is 3.12. The number of thioether (sulfide) groups is 1. The molecule has 0 bridgehead atoms. The van der Waals surface area contributed by atoms with E-state index >= 15 is 0 Å². The van der Waals surface area contributed by atoms with E-state index in [-0.39, 0.29) is 28.8 Å². The predicted molar refractivity (Wildman–Crippen MR) is 97.8 cm³/mol. The number of carbonyl (C=O) groups excluding carboxylic acids is 1. The molecule has 0 saturated heterocycles. The average Bonchev–Trinajstić information content (AvgIpc) is 3.05. The van der Waals surface area contributed by atoms with Crippen LogP contribution in [-0.2, 0) is 6.54 Å². The number of rotatable bonds is 5. The number of aromatic nitrogens is 2. The summed E-state index contributed by atoms with van der Waals surface area (Å²) < 4.78 is 53.0. The van der Waals surface area contributed by atoms with Gasteiger partial charge in [-0.15, -0.1) is 0 Å². The molecule has 3 rings (SSSR count). The first-order chi connectivity index (χ1) is 13.2. The number of benzene rings is 2. The zero-order valence-corrected chi connectivity index (χ0v) is 15.4. The lowest BCUT2D eigenvalue weighted by molar-refractivity contribution is -0.0328. The molecule has 28 heavy (non-hydrogen) atoms. The number of alkyl halides is 3. The van der Waals surface area contributed by atoms with Crippen LogP contribution in [0, 0.1) is 12.7 Å². The van der Waals surface area contributed by atoms with Gasteiger partial charge in [0, 0.05) is 29.4 Å². The van der Waals surface area contributed by atoms with Crippen molar-refractivity contribution < 1.29 is 22.4 Å². The van der Waals surface area contributed by atoms with Crippen LogP contribution in [0.3, 0.4) is 0 Å². The van der Waals surface area contributed by atoms with Crippen LogP contribution in [0.5, 0.6) is 0 Å². The Morgan fingerprint density at radius 1 is 1.18 bits per heavy atom. The third kappa shape index (κ3) is 4.92. The van der Waals surface area contributed by atoms with Crippen molar-refractivity contribution in [2.24, 2.45) is 0 Å². The van der Waals surface area contributed by atoms with E-state index in [9.17, 15) is 22.4 Å². The Morgan fingerprint density at radius 3 is 2.46 bits per heavy atom. The van der Waals surface area contributed by atoms with Gasteiger partial charge in [-0.25, -0.2) is 9.37 Å². The molecule has 146 valence electrons. The van der Waals surface area contributed by atoms with Crippen molar-refractivity contribution in [3.05, 3.63) is 77.6 Å². The van der Waals surface area contributed by atoms with E-state index in [4.69, 9.17) is 0 Å². The highest BCUT2D eigenvalue weighted by molar-refractivity contribution is 8.00. The van der Waals surface area contributed by atoms with E-state index in [0.717, 1.165) is 0 Å². The number of nitrogens with zero attached hydrogens (tertiary/aromatic N) is 2. The number of halogens is 4. The van der Waals surface area contributed by atoms with E-state index in [0.29, 0.717) is 17.1 Å². The number of aryl methyl sites for hydroxylation is 1. The van der Waals surface area contributed by atoms with Crippen LogP contribution in [0.4, 0.5) is 17.6 Å². The lowest BCUT2D eigenvalue weighted by Crippen LogP contribution is -2.22. The largest absolute Gasteiger partial charge is 0.446 e. The third-order valence-electron chi connectivity index (χ3n) is 3.90. The van der Waals surface area contributed by atoms with Gasteiger partial charge in [-0.3, -0.25) is 4.79 Å². The first-order valence-corrected chi connectivity index (χ1v) is 8.97. The molecular formula is C19H15F4N3OS. The summed E-state index contributed by atoms with van der Waals surface area (Å²) in [5.74, 6) is -0.271. The molecule has 1 amide bonds. The van der Waals surface area contributed by atoms with Gasteiger partial charge in [0.05, 0.1) is 5.69 Å². The lowest BCUT2D eigenvalue weighted by atomic mass is 10.1. The summed E-state index contributed by atoms with van der Waals surface area (Å²) in [5, 5.41) is 2.62. The minimum Gasteiger partial charge on any atom is -0.348 e. The van der Waals surface area contributed by atoms with E-state index < -0.39 is 17.2 Å². The van der Waals surface area contributed by atoms with Gasteiger partial charge in [-0.2, -0.15) is 13.2 Å². The van der Waals surface area contributed by atoms with Crippen molar-refractivity contribution >= 4 is 17.7 Å². The summed E-state index contributed by atoms with van der Waals surface area (Å²) in [6.07, 6.45) is 3.22. The van der Waals surface area contributed by atoms with Crippen LogP contribution in [-0.4, -0.2) is 21.0 Å². The molecule has 1 aromatic heterocycles. The Bertz CT molecular complexity index is 984. The molecule has 0 aliphatic rings. The number of amides is 1. The zero-order valence-electron chi connectivity index (χ0n) is 14.6. The Labute approximate surface area is 162 Å². The van der Waals surface area contributed by atoms with Gasteiger partial charge in [0.15, 0.2) is 0 Å². The molecule has 1 heterocycles. The SMILES string of the molecule is Cc1nccn1-c1ccc(CNC(=O)c2ccc(SC(F)(F)F)cc2)cc1F. The Hall–Kier alpha value is -2.81. The first kappa shape index (κ1) is 19.9. The minimum absolute atomic E-state index is 0.00324. The highest BCUT2D eigenvalue weighted by atomic mass is 32.2. The van der Waals surface area contributed by atoms with Crippen LogP contribution in [0.1, 0.15) is 21.7 Å². The summed E-state index contributed by atoms with van der Waals surface area (Å²) in [7, 11) is 0. The molecule has 2 aromatic carbocycles. The molecule has 0 aliphatic carbocycles. The van der Waals surface area contributed by atoms with Gasteiger partial charge in [-0.05, 0) is 60.6 Å². The van der Waals surface area contributed by atoms with Crippen molar-refractivity contribution in [3.8, 4) is 5.69 Å². The molecule has 0 saturated carbocycles. The zero-order chi connectivity index (χ0) is 20.3. The predicted octanol–water partition coefficient (Wildman–Crippen LogP) is 4.86. The Kier molecular flexibility index (Phi) is 5.73. The smallest absolute Gasteiger partial charge is 0.348 e. The molecule has 0 spiro atoms. The molecule has 3 aromatic rings. The normalized spacial score (nSPS) is 11.5. The molecular weight excluding hydrogens is 394 g/mol. The second-order valence-corrected chi connectivity index (χ2v) is 7.02. The first-order valence-electron chi connectivity index (χ1n) is 8.16. The Morgan fingerprint density at radius 2 is 1.89 bits per heavy atom. The summed E-state index contributed by atoms with van der Waals surface area (Å²) in [6.45, 7) is 1.84. The van der Waals surface area contributed by atoms with Crippen molar-refractivity contribution in [3.63, 3.8) is 0 Å². The number of imidazole rings is 1. The van der Waals surface area contributed by atoms with Gasteiger partial charge in [0.2, 0.25) is 0 Å². The van der Waals surface area contributed by atoms with Crippen molar-refractivity contribution in [1.29, 1.82) is 0 Å². The molecule has 0 unspecified atom stereocenters. The van der Waals surface area contributed by atoms with E-state index in [1.807, 2.05) is 0 Å². The van der Waals surface area contributed by atoms with Crippen LogP contribution in [0.25, 0.3) is 5.69 Å². The number of nitrogens with one attached hydrogen (secondary N) is 1. The lowest BCUT2D eigenvalue weighted by Gasteiger charge is -2.10. The highest BCUT2D eigenvalue weighted by Gasteiger charge is 2.29. The van der Waals surface area contributed by atoms with E-state index in [1.165, 1.54) is 30.3 Å². The molecule has 0 fully saturated rings. The van der Waals surface area contributed by atoms with E-state index in [2.05, 4.69) is 10.3 Å². The molecule has 0 radical (unpaired) electrons. The average molecular weight is 409 g/mol.